The molecule has 3 aromatic rings. The van der Waals surface area contributed by atoms with Gasteiger partial charge >= 0.3 is 0 Å². The molecule has 7 nitrogen and oxygen atoms in total. The Hall–Kier alpha value is -2.48. The zero-order valence-electron chi connectivity index (χ0n) is 13.4. The molecule has 3 rings (SSSR count). The average molecular weight is 389 g/mol. The van der Waals surface area contributed by atoms with E-state index in [1.54, 1.807) is 21.9 Å². The number of benzene rings is 1. The summed E-state index contributed by atoms with van der Waals surface area (Å²) in [5, 5.41) is 11.1. The number of hydrogen-bond donors (Lipinski definition) is 1. The van der Waals surface area contributed by atoms with E-state index in [0.29, 0.717) is 23.3 Å². The summed E-state index contributed by atoms with van der Waals surface area (Å²) in [6.45, 7) is 5.18. The topological polar surface area (TPSA) is 77.6 Å². The van der Waals surface area contributed by atoms with Crippen molar-refractivity contribution >= 4 is 27.8 Å². The number of aryl methyl sites for hydroxylation is 2. The molecule has 0 radical (unpaired) electrons. The number of nitrogens with zero attached hydrogens (tertiary/aromatic N) is 5. The van der Waals surface area contributed by atoms with Crippen molar-refractivity contribution in [1.29, 1.82) is 0 Å². The molecule has 0 atom stereocenters. The summed E-state index contributed by atoms with van der Waals surface area (Å²) in [6, 6.07) is 8.09. The van der Waals surface area contributed by atoms with E-state index in [2.05, 4.69) is 49.4 Å². The highest BCUT2D eigenvalue weighted by atomic mass is 79.9. The molecule has 0 unspecified atom stereocenters. The second kappa shape index (κ2) is 6.96. The number of anilines is 1. The molecule has 2 heterocycles. The van der Waals surface area contributed by atoms with Gasteiger partial charge in [-0.05, 0) is 40.9 Å². The zero-order chi connectivity index (χ0) is 17.1. The third-order valence-corrected chi connectivity index (χ3v) is 4.25. The number of aromatic nitrogens is 5. The first kappa shape index (κ1) is 16.4. The Morgan fingerprint density at radius 3 is 2.88 bits per heavy atom. The van der Waals surface area contributed by atoms with Crippen LogP contribution in [0.4, 0.5) is 5.95 Å². The van der Waals surface area contributed by atoms with Crippen molar-refractivity contribution in [2.45, 2.75) is 26.9 Å². The summed E-state index contributed by atoms with van der Waals surface area (Å²) >= 11 is 3.34. The fourth-order valence-electron chi connectivity index (χ4n) is 2.38. The van der Waals surface area contributed by atoms with Crippen LogP contribution in [0.25, 0.3) is 0 Å². The normalized spacial score (nSPS) is 10.8. The summed E-state index contributed by atoms with van der Waals surface area (Å²) in [6.07, 6.45) is 3.21. The summed E-state index contributed by atoms with van der Waals surface area (Å²) in [5.41, 5.74) is 2.80. The van der Waals surface area contributed by atoms with Crippen molar-refractivity contribution in [2.24, 2.45) is 0 Å². The lowest BCUT2D eigenvalue weighted by Crippen LogP contribution is -2.19. The molecule has 0 aliphatic carbocycles. The Labute approximate surface area is 147 Å². The standard InChI is InChI=1S/C16H17BrN6O/c1-3-23-14(13(17)8-19-23)15(24)20-16-18-10-22(21-16)9-12-7-5-4-6-11(12)2/h4-8,10H,3,9H2,1-2H3,(H,20,21,24). The minimum atomic E-state index is -0.296. The summed E-state index contributed by atoms with van der Waals surface area (Å²) < 4.78 is 3.95. The predicted octanol–water partition coefficient (Wildman–Crippen LogP) is 2.87. The van der Waals surface area contributed by atoms with Gasteiger partial charge in [0.15, 0.2) is 0 Å². The molecular weight excluding hydrogens is 372 g/mol. The average Bonchev–Trinajstić information content (AvgIpc) is 3.15. The maximum atomic E-state index is 12.4. The number of halogens is 1. The van der Waals surface area contributed by atoms with Gasteiger partial charge in [-0.1, -0.05) is 24.3 Å². The third kappa shape index (κ3) is 3.38. The van der Waals surface area contributed by atoms with Crippen LogP contribution >= 0.6 is 15.9 Å². The zero-order valence-corrected chi connectivity index (χ0v) is 15.0. The molecule has 1 N–H and O–H groups in total. The number of carbonyl (C=O) groups excluding carboxylic acids is 1. The molecule has 1 aromatic carbocycles. The molecule has 0 fully saturated rings. The van der Waals surface area contributed by atoms with Crippen LogP contribution in [0, 0.1) is 6.92 Å². The molecule has 0 bridgehead atoms. The molecule has 124 valence electrons. The smallest absolute Gasteiger partial charge is 0.277 e. The van der Waals surface area contributed by atoms with E-state index in [9.17, 15) is 4.79 Å². The Bertz CT molecular complexity index is 869. The Kier molecular flexibility index (Phi) is 4.75. The first-order valence-electron chi connectivity index (χ1n) is 7.55. The van der Waals surface area contributed by atoms with Crippen molar-refractivity contribution in [3.05, 3.63) is 58.1 Å². The van der Waals surface area contributed by atoms with Gasteiger partial charge in [-0.15, -0.1) is 5.10 Å². The van der Waals surface area contributed by atoms with Gasteiger partial charge in [0.25, 0.3) is 5.91 Å². The monoisotopic (exact) mass is 388 g/mol. The van der Waals surface area contributed by atoms with Crippen molar-refractivity contribution in [2.75, 3.05) is 5.32 Å². The van der Waals surface area contributed by atoms with Crippen molar-refractivity contribution < 1.29 is 4.79 Å². The predicted molar refractivity (Wildman–Crippen MR) is 93.9 cm³/mol. The molecule has 1 amide bonds. The highest BCUT2D eigenvalue weighted by molar-refractivity contribution is 9.10. The van der Waals surface area contributed by atoms with Gasteiger partial charge in [-0.25, -0.2) is 9.67 Å². The van der Waals surface area contributed by atoms with E-state index < -0.39 is 0 Å². The number of hydrogen-bond acceptors (Lipinski definition) is 4. The number of nitrogens with one attached hydrogen (secondary N) is 1. The van der Waals surface area contributed by atoms with Crippen LogP contribution in [-0.2, 0) is 13.1 Å². The summed E-state index contributed by atoms with van der Waals surface area (Å²) in [4.78, 5) is 16.6. The molecule has 0 saturated heterocycles. The van der Waals surface area contributed by atoms with Gasteiger partial charge in [-0.2, -0.15) is 5.10 Å². The van der Waals surface area contributed by atoms with Crippen LogP contribution in [0.15, 0.2) is 41.3 Å². The second-order valence-corrected chi connectivity index (χ2v) is 6.16. The lowest BCUT2D eigenvalue weighted by molar-refractivity contribution is 0.101. The van der Waals surface area contributed by atoms with Crippen LogP contribution in [-0.4, -0.2) is 30.5 Å². The molecule has 0 aliphatic heterocycles. The SMILES string of the molecule is CCn1ncc(Br)c1C(=O)Nc1ncn(Cc2ccccc2C)n1. The number of rotatable bonds is 5. The third-order valence-electron chi connectivity index (χ3n) is 3.66. The quantitative estimate of drug-likeness (QED) is 0.728. The van der Waals surface area contributed by atoms with E-state index in [-0.39, 0.29) is 11.9 Å². The van der Waals surface area contributed by atoms with Gasteiger partial charge in [0, 0.05) is 6.54 Å². The Morgan fingerprint density at radius 2 is 2.12 bits per heavy atom. The second-order valence-electron chi connectivity index (χ2n) is 5.30. The van der Waals surface area contributed by atoms with Gasteiger partial charge < -0.3 is 0 Å². The minimum Gasteiger partial charge on any atom is -0.288 e. The van der Waals surface area contributed by atoms with E-state index in [1.165, 1.54) is 5.56 Å². The summed E-state index contributed by atoms with van der Waals surface area (Å²) in [5.74, 6) is -0.0285. The maximum Gasteiger partial charge on any atom is 0.277 e. The molecule has 24 heavy (non-hydrogen) atoms. The molecule has 8 heteroatoms. The molecule has 0 saturated carbocycles. The highest BCUT2D eigenvalue weighted by Gasteiger charge is 2.18. The Balaban J connectivity index is 1.73. The van der Waals surface area contributed by atoms with E-state index in [0.717, 1.165) is 5.56 Å². The van der Waals surface area contributed by atoms with E-state index in [1.807, 2.05) is 25.1 Å². The van der Waals surface area contributed by atoms with E-state index in [4.69, 9.17) is 0 Å². The van der Waals surface area contributed by atoms with Crippen LogP contribution < -0.4 is 5.32 Å². The van der Waals surface area contributed by atoms with Crippen LogP contribution in [0.2, 0.25) is 0 Å². The van der Waals surface area contributed by atoms with Gasteiger partial charge in [0.05, 0.1) is 17.2 Å². The van der Waals surface area contributed by atoms with Gasteiger partial charge in [0.2, 0.25) is 5.95 Å². The number of carbonyl (C=O) groups is 1. The van der Waals surface area contributed by atoms with Crippen LogP contribution in [0.1, 0.15) is 28.5 Å². The summed E-state index contributed by atoms with van der Waals surface area (Å²) in [7, 11) is 0. The molecule has 2 aromatic heterocycles. The highest BCUT2D eigenvalue weighted by Crippen LogP contribution is 2.17. The molecule has 0 spiro atoms. The van der Waals surface area contributed by atoms with Gasteiger partial charge in [-0.3, -0.25) is 14.8 Å². The maximum absolute atomic E-state index is 12.4. The fourth-order valence-corrected chi connectivity index (χ4v) is 2.86. The van der Waals surface area contributed by atoms with Crippen LogP contribution in [0.3, 0.4) is 0 Å². The van der Waals surface area contributed by atoms with Gasteiger partial charge in [0.1, 0.15) is 12.0 Å². The largest absolute Gasteiger partial charge is 0.288 e. The van der Waals surface area contributed by atoms with Crippen molar-refractivity contribution in [1.82, 2.24) is 24.5 Å². The van der Waals surface area contributed by atoms with E-state index >= 15 is 0 Å². The minimum absolute atomic E-state index is 0.268. The first-order chi connectivity index (χ1) is 11.6. The first-order valence-corrected chi connectivity index (χ1v) is 8.34. The van der Waals surface area contributed by atoms with Crippen LogP contribution in [0.5, 0.6) is 0 Å². The Morgan fingerprint density at radius 1 is 1.33 bits per heavy atom. The number of amides is 1. The van der Waals surface area contributed by atoms with Crippen molar-refractivity contribution in [3.8, 4) is 0 Å². The van der Waals surface area contributed by atoms with Crippen molar-refractivity contribution in [3.63, 3.8) is 0 Å². The molecular formula is C16H17BrN6O. The lowest BCUT2D eigenvalue weighted by Gasteiger charge is -2.05. The molecule has 0 aliphatic rings. The lowest BCUT2D eigenvalue weighted by atomic mass is 10.1. The fraction of sp³-hybridized carbons (Fsp3) is 0.250.